The molecule has 6 aliphatic rings. The first-order valence-electron chi connectivity index (χ1n) is 23.2. The number of halogens is 1. The summed E-state index contributed by atoms with van der Waals surface area (Å²) in [6.45, 7) is 8.12. The predicted molar refractivity (Wildman–Crippen MR) is 249 cm³/mol. The number of nitrogens with one attached hydrogen (secondary N) is 1. The summed E-state index contributed by atoms with van der Waals surface area (Å²) in [4.78, 5) is 64.0. The second kappa shape index (κ2) is 23.4. The predicted octanol–water partition coefficient (Wildman–Crippen LogP) is -1.59. The zero-order valence-electron chi connectivity index (χ0n) is 40.6. The quantitative estimate of drug-likeness (QED) is 0.0618. The molecule has 0 radical (unpaired) electrons. The number of allylic oxidation sites excluding steroid dienone is 1. The molecule has 8 rings (SSSR count). The Kier molecular flexibility index (Phi) is 18.1. The lowest BCUT2D eigenvalue weighted by atomic mass is 9.72. The van der Waals surface area contributed by atoms with E-state index in [-0.39, 0.29) is 71.3 Å². The lowest BCUT2D eigenvalue weighted by Gasteiger charge is -2.42. The SMILES string of the molecule is C=C1CC(=O)N([C@H]2C[C@H](O)[C@@H](CO)O2)C=C1F.C=NN(C)C(=O)NC1[C@H](O)OC(CO)[C@@H](O)[C@H]1O.COc1cccc2c1C(=O)c1c(O)c3c(c(O)c1C2=O)C[C@@](O)(C(=O)CO)CC3O[C@H]1C[C@H](C)[C@H](O)[C@H](C)O1. The van der Waals surface area contributed by atoms with Gasteiger partial charge in [0.25, 0.3) is 0 Å². The Morgan fingerprint density at radius 2 is 1.59 bits per heavy atom. The maximum absolute atomic E-state index is 13.7. The number of phenolic OH excluding ortho intramolecular Hbond substituents is 2. The number of aliphatic hydroxyl groups is 9. The number of carbonyl (C=O) groups excluding carboxylic acids is 5. The van der Waals surface area contributed by atoms with Crippen molar-refractivity contribution in [3.63, 3.8) is 0 Å². The van der Waals surface area contributed by atoms with E-state index in [9.17, 15) is 74.3 Å². The van der Waals surface area contributed by atoms with Gasteiger partial charge in [-0.2, -0.15) is 5.10 Å². The second-order valence-corrected chi connectivity index (χ2v) is 18.5. The van der Waals surface area contributed by atoms with E-state index in [1.54, 1.807) is 13.8 Å². The topological polar surface area (TPSA) is 385 Å². The molecule has 3 saturated heterocycles. The van der Waals surface area contributed by atoms with Crippen molar-refractivity contribution in [1.82, 2.24) is 15.2 Å². The average Bonchev–Trinajstić information content (AvgIpc) is 3.75. The van der Waals surface area contributed by atoms with E-state index in [0.29, 0.717) is 0 Å². The van der Waals surface area contributed by atoms with Gasteiger partial charge in [0, 0.05) is 62.3 Å². The normalized spacial score (nSPS) is 32.3. The van der Waals surface area contributed by atoms with E-state index in [2.05, 4.69) is 23.7 Å². The molecule has 0 spiro atoms. The number of amides is 3. The van der Waals surface area contributed by atoms with E-state index in [1.807, 2.05) is 0 Å². The number of benzene rings is 2. The van der Waals surface area contributed by atoms with E-state index < -0.39 is 157 Å². The molecule has 0 aromatic heterocycles. The Morgan fingerprint density at radius 3 is 2.19 bits per heavy atom. The Hall–Kier alpha value is -5.85. The second-order valence-electron chi connectivity index (χ2n) is 18.5. The van der Waals surface area contributed by atoms with Crippen LogP contribution in [0.5, 0.6) is 17.2 Å². The summed E-state index contributed by atoms with van der Waals surface area (Å²) in [6.07, 6.45) is -11.1. The number of phenols is 2. The maximum Gasteiger partial charge on any atom is 0.338 e. The number of ketones is 3. The Morgan fingerprint density at radius 1 is 0.932 bits per heavy atom. The van der Waals surface area contributed by atoms with E-state index in [0.717, 1.165) is 16.1 Å². The van der Waals surface area contributed by atoms with Gasteiger partial charge in [-0.3, -0.25) is 24.1 Å². The molecule has 0 bridgehead atoms. The molecule has 74 heavy (non-hydrogen) atoms. The monoisotopic (exact) mass is 1050 g/mol. The minimum Gasteiger partial charge on any atom is -0.507 e. The largest absolute Gasteiger partial charge is 0.507 e. The van der Waals surface area contributed by atoms with Crippen molar-refractivity contribution in [2.24, 2.45) is 11.0 Å². The Labute approximate surface area is 421 Å². The highest BCUT2D eigenvalue weighted by atomic mass is 19.1. The van der Waals surface area contributed by atoms with Crippen LogP contribution >= 0.6 is 0 Å². The molecule has 406 valence electrons. The fourth-order valence-corrected chi connectivity index (χ4v) is 9.44. The van der Waals surface area contributed by atoms with Crippen molar-refractivity contribution in [2.45, 2.75) is 125 Å². The van der Waals surface area contributed by atoms with Gasteiger partial charge in [-0.05, 0) is 24.5 Å². The van der Waals surface area contributed by atoms with Crippen LogP contribution in [0.1, 0.15) is 88.6 Å². The number of fused-ring (bicyclic) bond motifs is 3. The van der Waals surface area contributed by atoms with Crippen molar-refractivity contribution in [2.75, 3.05) is 34.0 Å². The molecule has 2 aliphatic carbocycles. The summed E-state index contributed by atoms with van der Waals surface area (Å²) >= 11 is 0. The lowest BCUT2D eigenvalue weighted by molar-refractivity contribution is -0.255. The highest BCUT2D eigenvalue weighted by molar-refractivity contribution is 6.31. The number of ether oxygens (including phenoxy) is 5. The third-order valence-electron chi connectivity index (χ3n) is 13.7. The highest BCUT2D eigenvalue weighted by Crippen LogP contribution is 2.53. The molecule has 2 aromatic carbocycles. The number of methoxy groups -OCH3 is 1. The van der Waals surface area contributed by atoms with Crippen molar-refractivity contribution < 1.29 is 108 Å². The van der Waals surface area contributed by atoms with Gasteiger partial charge in [0.05, 0.1) is 67.9 Å². The molecule has 3 fully saturated rings. The summed E-state index contributed by atoms with van der Waals surface area (Å²) in [6, 6.07) is 2.43. The van der Waals surface area contributed by atoms with Gasteiger partial charge in [0.1, 0.15) is 72.0 Å². The molecular weight excluding hydrogens is 988 g/mol. The fraction of sp³-hybridized carbons (Fsp3) is 0.542. The number of urea groups is 1. The molecule has 3 amide bonds. The van der Waals surface area contributed by atoms with Gasteiger partial charge in [-0.15, -0.1) is 0 Å². The number of nitrogens with zero attached hydrogens (tertiary/aromatic N) is 3. The number of hydrazone groups is 1. The third-order valence-corrected chi connectivity index (χ3v) is 13.7. The summed E-state index contributed by atoms with van der Waals surface area (Å²) in [5, 5.41) is 117. The number of aromatic hydroxyl groups is 2. The molecule has 4 heterocycles. The number of Topliss-reactive ketones (excluding diaryl/α,β-unsaturated/α-hetero) is 1. The number of carbonyl (C=O) groups is 5. The van der Waals surface area contributed by atoms with E-state index >= 15 is 0 Å². The number of aliphatic hydroxyl groups excluding tert-OH is 8. The van der Waals surface area contributed by atoms with Crippen LogP contribution < -0.4 is 10.1 Å². The Bertz CT molecular complexity index is 2530. The average molecular weight is 1050 g/mol. The molecule has 12 N–H and O–H groups in total. The number of rotatable bonds is 10. The van der Waals surface area contributed by atoms with E-state index in [4.69, 9.17) is 33.9 Å². The van der Waals surface area contributed by atoms with Crippen LogP contribution in [-0.2, 0) is 35.0 Å². The fourth-order valence-electron chi connectivity index (χ4n) is 9.44. The zero-order chi connectivity index (χ0) is 54.8. The van der Waals surface area contributed by atoms with Crippen LogP contribution in [0.3, 0.4) is 0 Å². The molecule has 4 aliphatic heterocycles. The Balaban J connectivity index is 0.000000211. The van der Waals surface area contributed by atoms with Gasteiger partial charge in [0.2, 0.25) is 11.7 Å². The summed E-state index contributed by atoms with van der Waals surface area (Å²) in [5.41, 5.74) is -3.31. The van der Waals surface area contributed by atoms with Gasteiger partial charge in [0.15, 0.2) is 24.1 Å². The molecular formula is C48H61FN4O21. The van der Waals surface area contributed by atoms with Crippen molar-refractivity contribution in [1.29, 1.82) is 0 Å². The first-order chi connectivity index (χ1) is 34.9. The summed E-state index contributed by atoms with van der Waals surface area (Å²) < 4.78 is 40.6. The molecule has 14 atom stereocenters. The summed E-state index contributed by atoms with van der Waals surface area (Å²) in [5.74, 6) is -4.76. The third kappa shape index (κ3) is 11.2. The van der Waals surface area contributed by atoms with Crippen LogP contribution in [0, 0.1) is 5.92 Å². The van der Waals surface area contributed by atoms with E-state index in [1.165, 1.54) is 32.4 Å². The van der Waals surface area contributed by atoms with Crippen molar-refractivity contribution >= 4 is 36.0 Å². The maximum atomic E-state index is 13.7. The molecule has 0 saturated carbocycles. The minimum absolute atomic E-state index is 0.0380. The highest BCUT2D eigenvalue weighted by Gasteiger charge is 2.51. The van der Waals surface area contributed by atoms with Gasteiger partial charge >= 0.3 is 6.03 Å². The van der Waals surface area contributed by atoms with Gasteiger partial charge < -0.3 is 85.2 Å². The van der Waals surface area contributed by atoms with Gasteiger partial charge in [-0.1, -0.05) is 25.6 Å². The number of hydrogen-bond donors (Lipinski definition) is 12. The van der Waals surface area contributed by atoms with Crippen LogP contribution in [0.4, 0.5) is 9.18 Å². The van der Waals surface area contributed by atoms with Crippen LogP contribution in [-0.4, -0.2) is 209 Å². The smallest absolute Gasteiger partial charge is 0.338 e. The summed E-state index contributed by atoms with van der Waals surface area (Å²) in [7, 11) is 2.65. The van der Waals surface area contributed by atoms with Crippen LogP contribution in [0.2, 0.25) is 0 Å². The van der Waals surface area contributed by atoms with Crippen molar-refractivity contribution in [3.05, 3.63) is 75.8 Å². The lowest BCUT2D eigenvalue weighted by Crippen LogP contribution is -2.64. The minimum atomic E-state index is -2.21. The molecule has 3 unspecified atom stereocenters. The first-order valence-corrected chi connectivity index (χ1v) is 23.2. The van der Waals surface area contributed by atoms with Gasteiger partial charge in [-0.25, -0.2) is 14.2 Å². The molecule has 25 nitrogen and oxygen atoms in total. The molecule has 26 heteroatoms. The standard InChI is InChI=1S/C28H30O11.C11H14FNO4.C9H17N3O6/c1-11-7-18(38-12(2)23(11)31)39-16-9-28(36,17(30)10-29)8-14-20(16)27(35)22-21(25(14)33)24(32)13-5-4-6-15(37-3)19(13)26(22)34;1-6-2-10(16)13(4-7(6)12)11-3-8(15)9(5-14)17-11;1-10-12(2)9(17)11-5-7(15)6(14)4(3-13)18-8(5)16/h4-6,11-12,16,18,23,29,31,33,35-36H,7-10H2,1-3H3;4,8-9,11,14-15H,1-3,5H2;4-8,13-16H,1,3H2,2H3,(H,11,17)/t11-,12-,16?,18-,23-,28-;8-,9+,11+;4?,5?,6-,7+,8-/m001/s1. The first kappa shape index (κ1) is 57.4. The number of hydrogen-bond acceptors (Lipinski definition) is 22. The van der Waals surface area contributed by atoms with Crippen LogP contribution in [0.25, 0.3) is 0 Å². The zero-order valence-corrected chi connectivity index (χ0v) is 40.6. The van der Waals surface area contributed by atoms with Crippen LogP contribution in [0.15, 0.2) is 47.5 Å². The van der Waals surface area contributed by atoms with Crippen molar-refractivity contribution in [3.8, 4) is 17.2 Å². The molecule has 2 aromatic rings.